The van der Waals surface area contributed by atoms with E-state index in [1.54, 1.807) is 18.3 Å². The Morgan fingerprint density at radius 3 is 2.71 bits per heavy atom. The summed E-state index contributed by atoms with van der Waals surface area (Å²) in [5, 5.41) is 19.7. The molecule has 0 N–H and O–H groups in total. The maximum Gasteiger partial charge on any atom is 0.294 e. The highest BCUT2D eigenvalue weighted by Crippen LogP contribution is 2.33. The smallest absolute Gasteiger partial charge is 0.294 e. The van der Waals surface area contributed by atoms with E-state index in [1.807, 2.05) is 19.2 Å². The van der Waals surface area contributed by atoms with Gasteiger partial charge < -0.3 is 9.80 Å². The Labute approximate surface area is 145 Å². The molecule has 1 aliphatic rings. The summed E-state index contributed by atoms with van der Waals surface area (Å²) in [4.78, 5) is 15.1. The predicted molar refractivity (Wildman–Crippen MR) is 93.8 cm³/mol. The van der Waals surface area contributed by atoms with Gasteiger partial charge in [-0.1, -0.05) is 11.6 Å². The van der Waals surface area contributed by atoms with E-state index >= 15 is 0 Å². The lowest BCUT2D eigenvalue weighted by Gasteiger charge is -2.37. The largest absolute Gasteiger partial charge is 0.366 e. The van der Waals surface area contributed by atoms with E-state index in [4.69, 9.17) is 11.6 Å². The zero-order valence-corrected chi connectivity index (χ0v) is 14.1. The van der Waals surface area contributed by atoms with Crippen LogP contribution in [0.15, 0.2) is 36.5 Å². The van der Waals surface area contributed by atoms with Crippen LogP contribution in [0.3, 0.4) is 0 Å². The Morgan fingerprint density at radius 1 is 1.33 bits per heavy atom. The van der Waals surface area contributed by atoms with Gasteiger partial charge in [0.2, 0.25) is 0 Å². The van der Waals surface area contributed by atoms with Crippen molar-refractivity contribution in [2.45, 2.75) is 18.9 Å². The van der Waals surface area contributed by atoms with Gasteiger partial charge in [0.1, 0.15) is 5.69 Å². The number of hydrogen-bond donors (Lipinski definition) is 0. The predicted octanol–water partition coefficient (Wildman–Crippen LogP) is 3.14. The van der Waals surface area contributed by atoms with E-state index < -0.39 is 0 Å². The second kappa shape index (κ2) is 7.00. The van der Waals surface area contributed by atoms with Crippen molar-refractivity contribution in [2.24, 2.45) is 0 Å². The van der Waals surface area contributed by atoms with Crippen molar-refractivity contribution < 1.29 is 4.92 Å². The summed E-state index contributed by atoms with van der Waals surface area (Å²) in [6.07, 6.45) is 3.44. The minimum Gasteiger partial charge on any atom is -0.366 e. The van der Waals surface area contributed by atoms with Crippen molar-refractivity contribution in [3.63, 3.8) is 0 Å². The summed E-state index contributed by atoms with van der Waals surface area (Å²) < 4.78 is 0. The molecular weight excluding hydrogens is 330 g/mol. The number of aromatic nitrogens is 2. The number of nitro benzene ring substituents is 1. The van der Waals surface area contributed by atoms with Gasteiger partial charge in [0.25, 0.3) is 5.69 Å². The standard InChI is InChI=1S/C16H18ClN5O2/c1-20(16-3-2-8-18-19-16)13-6-9-21(10-7-13)14-5-4-12(17)11-15(14)22(23)24/h2-5,8,11,13H,6-7,9-10H2,1H3. The van der Waals surface area contributed by atoms with Crippen LogP contribution in [0.1, 0.15) is 12.8 Å². The lowest BCUT2D eigenvalue weighted by atomic mass is 10.0. The number of nitro groups is 1. The Bertz CT molecular complexity index is 720. The molecule has 1 aromatic carbocycles. The first-order valence-corrected chi connectivity index (χ1v) is 8.13. The molecule has 8 heteroatoms. The molecule has 1 fully saturated rings. The summed E-state index contributed by atoms with van der Waals surface area (Å²) in [7, 11) is 2.01. The van der Waals surface area contributed by atoms with Gasteiger partial charge in [-0.3, -0.25) is 10.1 Å². The van der Waals surface area contributed by atoms with E-state index in [9.17, 15) is 10.1 Å². The van der Waals surface area contributed by atoms with Crippen molar-refractivity contribution >= 4 is 28.8 Å². The van der Waals surface area contributed by atoms with Crippen molar-refractivity contribution in [2.75, 3.05) is 29.9 Å². The van der Waals surface area contributed by atoms with Crippen LogP contribution in [0, 0.1) is 10.1 Å². The minimum absolute atomic E-state index is 0.0585. The Hall–Kier alpha value is -2.41. The molecule has 0 spiro atoms. The van der Waals surface area contributed by atoms with Crippen LogP contribution < -0.4 is 9.80 Å². The third-order valence-electron chi connectivity index (χ3n) is 4.41. The topological polar surface area (TPSA) is 75.4 Å². The van der Waals surface area contributed by atoms with Crippen molar-refractivity contribution in [3.05, 3.63) is 51.7 Å². The molecule has 7 nitrogen and oxygen atoms in total. The van der Waals surface area contributed by atoms with Gasteiger partial charge in [0.05, 0.1) is 4.92 Å². The highest BCUT2D eigenvalue weighted by molar-refractivity contribution is 6.30. The third kappa shape index (κ3) is 3.41. The van der Waals surface area contributed by atoms with Gasteiger partial charge in [0, 0.05) is 43.5 Å². The van der Waals surface area contributed by atoms with Gasteiger partial charge in [-0.25, -0.2) is 0 Å². The van der Waals surface area contributed by atoms with Crippen LogP contribution in [0.2, 0.25) is 5.02 Å². The number of anilines is 2. The Kier molecular flexibility index (Phi) is 4.80. The monoisotopic (exact) mass is 347 g/mol. The fraction of sp³-hybridized carbons (Fsp3) is 0.375. The van der Waals surface area contributed by atoms with Crippen LogP contribution in [-0.2, 0) is 0 Å². The molecule has 1 aliphatic heterocycles. The molecular formula is C16H18ClN5O2. The highest BCUT2D eigenvalue weighted by Gasteiger charge is 2.27. The molecule has 0 amide bonds. The lowest BCUT2D eigenvalue weighted by molar-refractivity contribution is -0.384. The molecule has 0 bridgehead atoms. The normalized spacial score (nSPS) is 15.3. The summed E-state index contributed by atoms with van der Waals surface area (Å²) in [6, 6.07) is 8.97. The first-order valence-electron chi connectivity index (χ1n) is 7.75. The number of benzene rings is 1. The molecule has 0 radical (unpaired) electrons. The number of rotatable bonds is 4. The number of piperidine rings is 1. The average molecular weight is 348 g/mol. The summed E-state index contributed by atoms with van der Waals surface area (Å²) >= 11 is 5.89. The minimum atomic E-state index is -0.376. The summed E-state index contributed by atoms with van der Waals surface area (Å²) in [5.41, 5.74) is 0.688. The van der Waals surface area contributed by atoms with Gasteiger partial charge in [-0.15, -0.1) is 5.10 Å². The van der Waals surface area contributed by atoms with Crippen LogP contribution >= 0.6 is 11.6 Å². The second-order valence-electron chi connectivity index (χ2n) is 5.80. The molecule has 2 heterocycles. The quantitative estimate of drug-likeness (QED) is 0.624. The van der Waals surface area contributed by atoms with Gasteiger partial charge in [-0.05, 0) is 37.1 Å². The molecule has 0 aliphatic carbocycles. The van der Waals surface area contributed by atoms with E-state index in [0.717, 1.165) is 31.7 Å². The van der Waals surface area contributed by atoms with Crippen molar-refractivity contribution in [3.8, 4) is 0 Å². The van der Waals surface area contributed by atoms with Gasteiger partial charge in [-0.2, -0.15) is 5.10 Å². The van der Waals surface area contributed by atoms with Crippen molar-refractivity contribution in [1.82, 2.24) is 10.2 Å². The van der Waals surface area contributed by atoms with Crippen LogP contribution in [0.4, 0.5) is 17.2 Å². The number of hydrogen-bond acceptors (Lipinski definition) is 6. The molecule has 0 saturated carbocycles. The summed E-state index contributed by atoms with van der Waals surface area (Å²) in [5.74, 6) is 0.841. The fourth-order valence-electron chi connectivity index (χ4n) is 3.07. The molecule has 0 unspecified atom stereocenters. The molecule has 126 valence electrons. The zero-order valence-electron chi connectivity index (χ0n) is 13.3. The van der Waals surface area contributed by atoms with Crippen LogP contribution in [0.25, 0.3) is 0 Å². The molecule has 0 atom stereocenters. The second-order valence-corrected chi connectivity index (χ2v) is 6.24. The first kappa shape index (κ1) is 16.4. The van der Waals surface area contributed by atoms with E-state index in [0.29, 0.717) is 16.8 Å². The van der Waals surface area contributed by atoms with E-state index in [-0.39, 0.29) is 10.6 Å². The van der Waals surface area contributed by atoms with Gasteiger partial charge in [0.15, 0.2) is 5.82 Å². The fourth-order valence-corrected chi connectivity index (χ4v) is 3.24. The van der Waals surface area contributed by atoms with Crippen LogP contribution in [-0.4, -0.2) is 41.3 Å². The molecule has 24 heavy (non-hydrogen) atoms. The Morgan fingerprint density at radius 2 is 2.08 bits per heavy atom. The number of halogens is 1. The molecule has 1 aromatic heterocycles. The lowest BCUT2D eigenvalue weighted by Crippen LogP contribution is -2.44. The maximum atomic E-state index is 11.3. The molecule has 3 rings (SSSR count). The summed E-state index contributed by atoms with van der Waals surface area (Å²) in [6.45, 7) is 1.50. The molecule has 1 saturated heterocycles. The third-order valence-corrected chi connectivity index (χ3v) is 4.64. The highest BCUT2D eigenvalue weighted by atomic mass is 35.5. The SMILES string of the molecule is CN(c1cccnn1)C1CCN(c2ccc(Cl)cc2[N+](=O)[O-])CC1. The first-order chi connectivity index (χ1) is 11.6. The number of nitrogens with zero attached hydrogens (tertiary/aromatic N) is 5. The van der Waals surface area contributed by atoms with Crippen LogP contribution in [0.5, 0.6) is 0 Å². The maximum absolute atomic E-state index is 11.3. The molecule has 2 aromatic rings. The van der Waals surface area contributed by atoms with E-state index in [1.165, 1.54) is 6.07 Å². The van der Waals surface area contributed by atoms with Crippen molar-refractivity contribution in [1.29, 1.82) is 0 Å². The zero-order chi connectivity index (χ0) is 17.1. The van der Waals surface area contributed by atoms with Gasteiger partial charge >= 0.3 is 0 Å². The van der Waals surface area contributed by atoms with E-state index in [2.05, 4.69) is 20.0 Å². The Balaban J connectivity index is 1.71. The average Bonchev–Trinajstić information content (AvgIpc) is 2.62.